The predicted octanol–water partition coefficient (Wildman–Crippen LogP) is 0.530. The van der Waals surface area contributed by atoms with Crippen LogP contribution >= 0.6 is 0 Å². The molecule has 1 aromatic rings. The van der Waals surface area contributed by atoms with Crippen LogP contribution in [0.15, 0.2) is 24.3 Å². The van der Waals surface area contributed by atoms with E-state index in [1.807, 2.05) is 4.90 Å². The summed E-state index contributed by atoms with van der Waals surface area (Å²) in [5.41, 5.74) is 0.818. The van der Waals surface area contributed by atoms with Crippen LogP contribution in [0.4, 0.5) is 4.39 Å². The molecule has 0 spiro atoms. The summed E-state index contributed by atoms with van der Waals surface area (Å²) >= 11 is 0. The molecule has 1 heterocycles. The monoisotopic (exact) mass is 483 g/mol. The number of nitrogens with one attached hydrogen (secondary N) is 1. The summed E-state index contributed by atoms with van der Waals surface area (Å²) in [6.07, 6.45) is -0.884. The number of benzene rings is 1. The Labute approximate surface area is 200 Å². The van der Waals surface area contributed by atoms with Gasteiger partial charge in [-0.2, -0.15) is 0 Å². The van der Waals surface area contributed by atoms with Crippen molar-refractivity contribution in [3.63, 3.8) is 0 Å². The van der Waals surface area contributed by atoms with E-state index in [2.05, 4.69) is 5.32 Å². The lowest BCUT2D eigenvalue weighted by Crippen LogP contribution is -2.48. The molecule has 0 radical (unpaired) electrons. The van der Waals surface area contributed by atoms with Gasteiger partial charge in [0.1, 0.15) is 24.1 Å². The Morgan fingerprint density at radius 1 is 1.15 bits per heavy atom. The Hall–Kier alpha value is -2.11. The van der Waals surface area contributed by atoms with E-state index in [0.29, 0.717) is 39.2 Å². The molecule has 2 amide bonds. The summed E-state index contributed by atoms with van der Waals surface area (Å²) in [6, 6.07) is 5.99. The number of hydrogen-bond donors (Lipinski definition) is 3. The molecule has 10 heteroatoms. The lowest BCUT2D eigenvalue weighted by Gasteiger charge is -2.31. The fourth-order valence-electron chi connectivity index (χ4n) is 3.82. The third-order valence-corrected chi connectivity index (χ3v) is 5.90. The van der Waals surface area contributed by atoms with Crippen molar-refractivity contribution >= 4 is 11.8 Å². The lowest BCUT2D eigenvalue weighted by molar-refractivity contribution is -0.136. The molecule has 1 aliphatic rings. The number of carbonyl (C=O) groups is 2. The van der Waals surface area contributed by atoms with Gasteiger partial charge in [0.25, 0.3) is 0 Å². The van der Waals surface area contributed by atoms with Crippen LogP contribution in [-0.4, -0.2) is 103 Å². The number of carbonyl (C=O) groups excluding carboxylic acids is 2. The van der Waals surface area contributed by atoms with E-state index in [-0.39, 0.29) is 37.3 Å². The minimum atomic E-state index is -1.18. The normalized spacial score (nSPS) is 24.1. The molecule has 1 fully saturated rings. The quantitative estimate of drug-likeness (QED) is 0.560. The van der Waals surface area contributed by atoms with E-state index in [0.717, 1.165) is 18.4 Å². The van der Waals surface area contributed by atoms with Gasteiger partial charge in [0.15, 0.2) is 0 Å². The number of halogens is 1. The highest BCUT2D eigenvalue weighted by atomic mass is 19.1. The van der Waals surface area contributed by atoms with Crippen molar-refractivity contribution in [2.45, 2.75) is 51.0 Å². The Morgan fingerprint density at radius 3 is 2.53 bits per heavy atom. The van der Waals surface area contributed by atoms with Crippen molar-refractivity contribution in [1.82, 2.24) is 15.1 Å². The maximum Gasteiger partial charge on any atom is 0.234 e. The van der Waals surface area contributed by atoms with Crippen LogP contribution in [0.25, 0.3) is 0 Å². The lowest BCUT2D eigenvalue weighted by atomic mass is 10.1. The van der Waals surface area contributed by atoms with Gasteiger partial charge >= 0.3 is 0 Å². The summed E-state index contributed by atoms with van der Waals surface area (Å²) in [7, 11) is 1.43. The van der Waals surface area contributed by atoms with Crippen LogP contribution < -0.4 is 5.32 Å². The minimum absolute atomic E-state index is 0.0311. The van der Waals surface area contributed by atoms with Gasteiger partial charge in [-0.05, 0) is 43.5 Å². The molecule has 0 unspecified atom stereocenters. The van der Waals surface area contributed by atoms with Gasteiger partial charge in [-0.3, -0.25) is 14.5 Å². The third-order valence-electron chi connectivity index (χ3n) is 5.90. The summed E-state index contributed by atoms with van der Waals surface area (Å²) in [5.74, 6) is -0.610. The average Bonchev–Trinajstić information content (AvgIpc) is 2.81. The molecule has 1 aromatic carbocycles. The maximum atomic E-state index is 13.1. The molecule has 9 nitrogen and oxygen atoms in total. The van der Waals surface area contributed by atoms with Crippen molar-refractivity contribution in [3.8, 4) is 0 Å². The summed E-state index contributed by atoms with van der Waals surface area (Å²) in [4.78, 5) is 28.3. The number of aliphatic hydroxyl groups is 2. The van der Waals surface area contributed by atoms with Crippen LogP contribution in [0.1, 0.15) is 31.7 Å². The van der Waals surface area contributed by atoms with E-state index in [4.69, 9.17) is 9.47 Å². The number of nitrogens with zero attached hydrogens (tertiary/aromatic N) is 2. The molecule has 0 saturated carbocycles. The molecule has 1 aliphatic heterocycles. The second-order valence-corrected chi connectivity index (χ2v) is 8.61. The van der Waals surface area contributed by atoms with E-state index in [9.17, 15) is 24.2 Å². The van der Waals surface area contributed by atoms with E-state index >= 15 is 0 Å². The SMILES string of the molecule is CO[C@H]1CN(C(C)=O)CCCN(CC(=O)NCc2ccc(F)cc2)CCCCOC[C@H](O)[C@@H]1O. The minimum Gasteiger partial charge on any atom is -0.388 e. The average molecular weight is 484 g/mol. The molecule has 2 rings (SSSR count). The molecular weight excluding hydrogens is 445 g/mol. The number of hydrogen-bond acceptors (Lipinski definition) is 7. The van der Waals surface area contributed by atoms with Crippen LogP contribution in [0, 0.1) is 5.82 Å². The predicted molar refractivity (Wildman–Crippen MR) is 124 cm³/mol. The highest BCUT2D eigenvalue weighted by Crippen LogP contribution is 2.10. The fourth-order valence-corrected chi connectivity index (χ4v) is 3.82. The number of amides is 2. The first-order valence-corrected chi connectivity index (χ1v) is 11.8. The zero-order valence-electron chi connectivity index (χ0n) is 20.1. The van der Waals surface area contributed by atoms with Gasteiger partial charge in [-0.25, -0.2) is 4.39 Å². The molecule has 34 heavy (non-hydrogen) atoms. The zero-order chi connectivity index (χ0) is 24.9. The second-order valence-electron chi connectivity index (χ2n) is 8.61. The molecule has 3 N–H and O–H groups in total. The second kappa shape index (κ2) is 15.0. The fraction of sp³-hybridized carbons (Fsp3) is 0.667. The molecule has 1 saturated heterocycles. The van der Waals surface area contributed by atoms with E-state index < -0.39 is 18.3 Å². The largest absolute Gasteiger partial charge is 0.388 e. The highest BCUT2D eigenvalue weighted by molar-refractivity contribution is 5.78. The molecule has 0 bridgehead atoms. The Morgan fingerprint density at radius 2 is 1.85 bits per heavy atom. The van der Waals surface area contributed by atoms with Gasteiger partial charge in [0.05, 0.1) is 13.2 Å². The Kier molecular flexibility index (Phi) is 12.4. The van der Waals surface area contributed by atoms with E-state index in [1.54, 1.807) is 17.0 Å². The summed E-state index contributed by atoms with van der Waals surface area (Å²) < 4.78 is 23.9. The number of ether oxygens (including phenoxy) is 2. The smallest absolute Gasteiger partial charge is 0.234 e. The Bertz CT molecular complexity index is 751. The first-order chi connectivity index (χ1) is 16.3. The topological polar surface area (TPSA) is 112 Å². The van der Waals surface area contributed by atoms with E-state index in [1.165, 1.54) is 26.2 Å². The van der Waals surface area contributed by atoms with Crippen LogP contribution in [-0.2, 0) is 25.6 Å². The van der Waals surface area contributed by atoms with Crippen LogP contribution in [0.3, 0.4) is 0 Å². The number of methoxy groups -OCH3 is 1. The standard InChI is InChI=1S/C24H38FN3O6/c1-18(29)28-12-5-11-27(16-23(31)26-14-19-6-8-20(25)9-7-19)10-3-4-13-34-17-21(30)24(32)22(15-28)33-2/h6-9,21-22,24,30,32H,3-5,10-17H2,1-2H3,(H,26,31)/t21-,22-,24-/m0/s1. The van der Waals surface area contributed by atoms with Crippen molar-refractivity contribution in [3.05, 3.63) is 35.6 Å². The maximum absolute atomic E-state index is 13.1. The highest BCUT2D eigenvalue weighted by Gasteiger charge is 2.29. The molecule has 3 atom stereocenters. The Balaban J connectivity index is 1.96. The summed E-state index contributed by atoms with van der Waals surface area (Å²) in [6.45, 7) is 4.24. The first-order valence-electron chi connectivity index (χ1n) is 11.8. The van der Waals surface area contributed by atoms with Crippen molar-refractivity contribution in [2.75, 3.05) is 53.0 Å². The first kappa shape index (κ1) is 28.1. The molecule has 192 valence electrons. The van der Waals surface area contributed by atoms with Crippen LogP contribution in [0.2, 0.25) is 0 Å². The molecule has 0 aliphatic carbocycles. The van der Waals surface area contributed by atoms with Gasteiger partial charge in [0.2, 0.25) is 11.8 Å². The van der Waals surface area contributed by atoms with Crippen LogP contribution in [0.5, 0.6) is 0 Å². The van der Waals surface area contributed by atoms with Crippen molar-refractivity contribution < 1.29 is 33.7 Å². The number of rotatable bonds is 5. The van der Waals surface area contributed by atoms with Crippen molar-refractivity contribution in [2.24, 2.45) is 0 Å². The summed E-state index contributed by atoms with van der Waals surface area (Å²) in [5, 5.41) is 23.5. The van der Waals surface area contributed by atoms with Crippen molar-refractivity contribution in [1.29, 1.82) is 0 Å². The number of aliphatic hydroxyl groups excluding tert-OH is 2. The van der Waals surface area contributed by atoms with Gasteiger partial charge < -0.3 is 29.9 Å². The molecule has 0 aromatic heterocycles. The van der Waals surface area contributed by atoms with Gasteiger partial charge in [0, 0.05) is 46.8 Å². The zero-order valence-corrected chi connectivity index (χ0v) is 20.1. The molecular formula is C24H38FN3O6. The van der Waals surface area contributed by atoms with Gasteiger partial charge in [-0.1, -0.05) is 12.1 Å². The third kappa shape index (κ3) is 10.0. The van der Waals surface area contributed by atoms with Gasteiger partial charge in [-0.15, -0.1) is 0 Å².